The lowest BCUT2D eigenvalue weighted by atomic mass is 10.2. The molecule has 0 saturated heterocycles. The van der Waals surface area contributed by atoms with Gasteiger partial charge in [0.15, 0.2) is 0 Å². The van der Waals surface area contributed by atoms with Crippen LogP contribution in [0.2, 0.25) is 10.0 Å². The Morgan fingerprint density at radius 3 is 2.48 bits per heavy atom. The van der Waals surface area contributed by atoms with Gasteiger partial charge in [-0.05, 0) is 37.3 Å². The largest absolute Gasteiger partial charge is 0.339 e. The summed E-state index contributed by atoms with van der Waals surface area (Å²) in [6.45, 7) is 1.68. The molecule has 3 rings (SSSR count). The predicted molar refractivity (Wildman–Crippen MR) is 106 cm³/mol. The molecule has 0 aliphatic heterocycles. The van der Waals surface area contributed by atoms with Crippen LogP contribution < -0.4 is 10.6 Å². The summed E-state index contributed by atoms with van der Waals surface area (Å²) < 4.78 is 0. The molecule has 0 saturated carbocycles. The maximum absolute atomic E-state index is 12.5. The number of anilines is 3. The number of nitrogens with zero attached hydrogens (tertiary/aromatic N) is 3. The number of carbonyl (C=O) groups is 1. The van der Waals surface area contributed by atoms with Gasteiger partial charge in [0, 0.05) is 21.8 Å². The van der Waals surface area contributed by atoms with Crippen molar-refractivity contribution in [3.05, 3.63) is 75.7 Å². The number of amides is 1. The minimum Gasteiger partial charge on any atom is -0.339 e. The first-order chi connectivity index (χ1) is 12.9. The SMILES string of the molecule is Cc1nc(Nc2ccccc2C#N)cc(C(=O)Nc2cc(Cl)cc(Cl)c2)n1. The lowest BCUT2D eigenvalue weighted by Gasteiger charge is -2.10. The molecule has 6 nitrogen and oxygen atoms in total. The molecule has 0 unspecified atom stereocenters. The van der Waals surface area contributed by atoms with E-state index in [0.29, 0.717) is 38.6 Å². The number of hydrogen-bond donors (Lipinski definition) is 2. The van der Waals surface area contributed by atoms with E-state index in [4.69, 9.17) is 23.2 Å². The number of hydrogen-bond acceptors (Lipinski definition) is 5. The van der Waals surface area contributed by atoms with Gasteiger partial charge >= 0.3 is 0 Å². The molecule has 27 heavy (non-hydrogen) atoms. The number of rotatable bonds is 4. The smallest absolute Gasteiger partial charge is 0.274 e. The van der Waals surface area contributed by atoms with Gasteiger partial charge in [0.2, 0.25) is 0 Å². The third kappa shape index (κ3) is 4.73. The second kappa shape index (κ2) is 8.04. The Morgan fingerprint density at radius 1 is 1.07 bits per heavy atom. The van der Waals surface area contributed by atoms with Crippen molar-refractivity contribution in [1.82, 2.24) is 9.97 Å². The van der Waals surface area contributed by atoms with Crippen molar-refractivity contribution < 1.29 is 4.79 Å². The average Bonchev–Trinajstić information content (AvgIpc) is 2.60. The summed E-state index contributed by atoms with van der Waals surface area (Å²) in [5.74, 6) is 0.374. The van der Waals surface area contributed by atoms with Crippen LogP contribution in [0.5, 0.6) is 0 Å². The Kier molecular flexibility index (Phi) is 5.55. The molecular weight excluding hydrogens is 385 g/mol. The van der Waals surface area contributed by atoms with Crippen LogP contribution in [0.25, 0.3) is 0 Å². The molecule has 1 heterocycles. The summed E-state index contributed by atoms with van der Waals surface area (Å²) in [5, 5.41) is 15.8. The van der Waals surface area contributed by atoms with E-state index in [9.17, 15) is 10.1 Å². The Morgan fingerprint density at radius 2 is 1.78 bits per heavy atom. The Balaban J connectivity index is 1.86. The zero-order valence-corrected chi connectivity index (χ0v) is 15.6. The van der Waals surface area contributed by atoms with Gasteiger partial charge in [-0.15, -0.1) is 0 Å². The molecule has 134 valence electrons. The molecule has 0 bridgehead atoms. The van der Waals surface area contributed by atoms with Crippen LogP contribution in [0.1, 0.15) is 21.9 Å². The topological polar surface area (TPSA) is 90.7 Å². The van der Waals surface area contributed by atoms with Crippen molar-refractivity contribution in [2.75, 3.05) is 10.6 Å². The summed E-state index contributed by atoms with van der Waals surface area (Å²) >= 11 is 11.9. The van der Waals surface area contributed by atoms with Gasteiger partial charge in [-0.3, -0.25) is 4.79 Å². The fourth-order valence-corrected chi connectivity index (χ4v) is 2.92. The molecule has 2 N–H and O–H groups in total. The molecule has 0 aliphatic rings. The Bertz CT molecular complexity index is 1040. The molecule has 0 radical (unpaired) electrons. The fourth-order valence-electron chi connectivity index (χ4n) is 2.40. The quantitative estimate of drug-likeness (QED) is 0.648. The summed E-state index contributed by atoms with van der Waals surface area (Å²) in [6.07, 6.45) is 0. The Labute approximate surface area is 165 Å². The van der Waals surface area contributed by atoms with Gasteiger partial charge in [0.1, 0.15) is 23.4 Å². The highest BCUT2D eigenvalue weighted by atomic mass is 35.5. The van der Waals surface area contributed by atoms with Gasteiger partial charge in [0.25, 0.3) is 5.91 Å². The zero-order chi connectivity index (χ0) is 19.4. The maximum Gasteiger partial charge on any atom is 0.274 e. The fraction of sp³-hybridized carbons (Fsp3) is 0.0526. The number of carbonyl (C=O) groups excluding carboxylic acids is 1. The standard InChI is InChI=1S/C19H13Cl2N5O/c1-11-23-17(19(27)25-15-7-13(20)6-14(21)8-15)9-18(24-11)26-16-5-3-2-4-12(16)10-22/h2-9H,1H3,(H,25,27)(H,23,24,26). The highest BCUT2D eigenvalue weighted by Crippen LogP contribution is 2.23. The van der Waals surface area contributed by atoms with E-state index in [1.54, 1.807) is 49.4 Å². The van der Waals surface area contributed by atoms with Crippen LogP contribution in [0.15, 0.2) is 48.5 Å². The van der Waals surface area contributed by atoms with Crippen molar-refractivity contribution >= 4 is 46.3 Å². The normalized spacial score (nSPS) is 10.1. The number of benzene rings is 2. The average molecular weight is 398 g/mol. The van der Waals surface area contributed by atoms with Gasteiger partial charge in [0.05, 0.1) is 11.3 Å². The monoisotopic (exact) mass is 397 g/mol. The van der Waals surface area contributed by atoms with Gasteiger partial charge < -0.3 is 10.6 Å². The molecule has 8 heteroatoms. The molecule has 1 aromatic heterocycles. The molecule has 0 spiro atoms. The Hall–Kier alpha value is -3.14. The summed E-state index contributed by atoms with van der Waals surface area (Å²) in [6, 6.07) is 15.4. The molecule has 3 aromatic rings. The maximum atomic E-state index is 12.5. The number of halogens is 2. The molecular formula is C19H13Cl2N5O. The van der Waals surface area contributed by atoms with E-state index < -0.39 is 5.91 Å². The summed E-state index contributed by atoms with van der Waals surface area (Å²) in [7, 11) is 0. The number of para-hydroxylation sites is 1. The number of nitriles is 1. The third-order valence-electron chi connectivity index (χ3n) is 3.50. The van der Waals surface area contributed by atoms with Crippen LogP contribution in [0, 0.1) is 18.3 Å². The minimum absolute atomic E-state index is 0.163. The van der Waals surface area contributed by atoms with Crippen LogP contribution >= 0.6 is 23.2 Å². The van der Waals surface area contributed by atoms with Crippen LogP contribution in [-0.4, -0.2) is 15.9 Å². The van der Waals surface area contributed by atoms with Crippen LogP contribution in [0.4, 0.5) is 17.2 Å². The van der Waals surface area contributed by atoms with Crippen molar-refractivity contribution in [1.29, 1.82) is 5.26 Å². The third-order valence-corrected chi connectivity index (χ3v) is 3.94. The zero-order valence-electron chi connectivity index (χ0n) is 14.1. The number of aryl methyl sites for hydroxylation is 1. The highest BCUT2D eigenvalue weighted by molar-refractivity contribution is 6.35. The highest BCUT2D eigenvalue weighted by Gasteiger charge is 2.13. The second-order valence-corrected chi connectivity index (χ2v) is 6.45. The van der Waals surface area contributed by atoms with Gasteiger partial charge in [-0.1, -0.05) is 35.3 Å². The second-order valence-electron chi connectivity index (χ2n) is 5.58. The van der Waals surface area contributed by atoms with Crippen molar-refractivity contribution in [3.8, 4) is 6.07 Å². The number of nitrogens with one attached hydrogen (secondary N) is 2. The van der Waals surface area contributed by atoms with Crippen molar-refractivity contribution in [2.45, 2.75) is 6.92 Å². The van der Waals surface area contributed by atoms with Gasteiger partial charge in [-0.25, -0.2) is 9.97 Å². The van der Waals surface area contributed by atoms with E-state index >= 15 is 0 Å². The van der Waals surface area contributed by atoms with E-state index in [-0.39, 0.29) is 5.69 Å². The van der Waals surface area contributed by atoms with Gasteiger partial charge in [-0.2, -0.15) is 5.26 Å². The summed E-state index contributed by atoms with van der Waals surface area (Å²) in [4.78, 5) is 21.0. The van der Waals surface area contributed by atoms with Crippen LogP contribution in [0.3, 0.4) is 0 Å². The summed E-state index contributed by atoms with van der Waals surface area (Å²) in [5.41, 5.74) is 1.67. The minimum atomic E-state index is -0.435. The predicted octanol–water partition coefficient (Wildman–Crippen LogP) is 4.96. The molecule has 2 aromatic carbocycles. The first-order valence-corrected chi connectivity index (χ1v) is 8.59. The van der Waals surface area contributed by atoms with E-state index in [0.717, 1.165) is 0 Å². The van der Waals surface area contributed by atoms with E-state index in [2.05, 4.69) is 26.7 Å². The van der Waals surface area contributed by atoms with Crippen LogP contribution in [-0.2, 0) is 0 Å². The molecule has 0 aliphatic carbocycles. The van der Waals surface area contributed by atoms with Crippen molar-refractivity contribution in [3.63, 3.8) is 0 Å². The first kappa shape index (κ1) is 18.6. The van der Waals surface area contributed by atoms with E-state index in [1.807, 2.05) is 0 Å². The lowest BCUT2D eigenvalue weighted by Crippen LogP contribution is -2.15. The van der Waals surface area contributed by atoms with E-state index in [1.165, 1.54) is 6.07 Å². The molecule has 0 fully saturated rings. The molecule has 0 atom stereocenters. The number of aromatic nitrogens is 2. The lowest BCUT2D eigenvalue weighted by molar-refractivity contribution is 0.102. The molecule has 1 amide bonds. The van der Waals surface area contributed by atoms with Crippen molar-refractivity contribution in [2.24, 2.45) is 0 Å². The first-order valence-electron chi connectivity index (χ1n) is 7.84.